The van der Waals surface area contributed by atoms with Gasteiger partial charge >= 0.3 is 0 Å². The van der Waals surface area contributed by atoms with E-state index in [1.165, 1.54) is 12.1 Å². The lowest BCUT2D eigenvalue weighted by molar-refractivity contribution is -0.991. The maximum Gasteiger partial charge on any atom is 0.254 e. The topological polar surface area (TPSA) is 86.5 Å². The van der Waals surface area contributed by atoms with Crippen molar-refractivity contribution in [2.75, 3.05) is 20.8 Å². The molecule has 0 saturated carbocycles. The van der Waals surface area contributed by atoms with Gasteiger partial charge in [-0.2, -0.15) is 5.23 Å². The van der Waals surface area contributed by atoms with Gasteiger partial charge in [-0.15, -0.1) is 0 Å². The Morgan fingerprint density at radius 1 is 1.19 bits per heavy atom. The first-order valence-electron chi connectivity index (χ1n) is 8.35. The molecule has 0 radical (unpaired) electrons. The number of hydrogen-bond acceptors (Lipinski definition) is 5. The largest absolute Gasteiger partial charge is 0.595 e. The predicted molar refractivity (Wildman–Crippen MR) is 94.9 cm³/mol. The fourth-order valence-corrected chi connectivity index (χ4v) is 3.34. The van der Waals surface area contributed by atoms with Gasteiger partial charge in [0.05, 0.1) is 20.3 Å². The number of hydrogen-bond donors (Lipinski definition) is 2. The lowest BCUT2D eigenvalue weighted by Crippen LogP contribution is -2.99. The normalized spacial score (nSPS) is 17.4. The molecule has 1 amide bonds. The third-order valence-corrected chi connectivity index (χ3v) is 4.82. The summed E-state index contributed by atoms with van der Waals surface area (Å²) in [5.74, 6) is 1.20. The molecule has 2 aromatic rings. The first kappa shape index (κ1) is 18.2. The van der Waals surface area contributed by atoms with E-state index >= 15 is 0 Å². The van der Waals surface area contributed by atoms with Crippen molar-refractivity contribution < 1.29 is 24.7 Å². The van der Waals surface area contributed by atoms with Crippen LogP contribution in [-0.2, 0) is 6.42 Å². The Labute approximate surface area is 151 Å². The van der Waals surface area contributed by atoms with Gasteiger partial charge < -0.3 is 19.6 Å². The lowest BCUT2D eigenvalue weighted by atomic mass is 9.92. The summed E-state index contributed by atoms with van der Waals surface area (Å²) < 4.78 is 10.7. The number of carbonyl (C=O) groups is 1. The predicted octanol–water partition coefficient (Wildman–Crippen LogP) is 1.87. The summed E-state index contributed by atoms with van der Waals surface area (Å²) in [7, 11) is 3.19. The zero-order valence-electron chi connectivity index (χ0n) is 15.0. The van der Waals surface area contributed by atoms with Crippen LogP contribution in [-0.4, -0.2) is 36.8 Å². The molecule has 7 heteroatoms. The molecule has 2 N–H and O–H groups in total. The first-order chi connectivity index (χ1) is 12.5. The highest BCUT2D eigenvalue weighted by atomic mass is 16.8. The average Bonchev–Trinajstić information content (AvgIpc) is 2.67. The van der Waals surface area contributed by atoms with Crippen molar-refractivity contribution in [2.45, 2.75) is 19.4 Å². The molecule has 0 aromatic heterocycles. The van der Waals surface area contributed by atoms with Crippen molar-refractivity contribution in [3.63, 3.8) is 0 Å². The summed E-state index contributed by atoms with van der Waals surface area (Å²) in [5.41, 5.74) is 2.81. The zero-order chi connectivity index (χ0) is 18.8. The van der Waals surface area contributed by atoms with Crippen LogP contribution in [0.1, 0.15) is 34.5 Å². The number of benzene rings is 2. The minimum absolute atomic E-state index is 0.116. The SMILES string of the molecule is COc1cc2c(cc1OC)C(C)N(C(=O)c1ccc([NH+]([O-])O)cc1)CC2. The van der Waals surface area contributed by atoms with Gasteiger partial charge in [0.15, 0.2) is 17.2 Å². The van der Waals surface area contributed by atoms with Gasteiger partial charge in [0.1, 0.15) is 0 Å². The van der Waals surface area contributed by atoms with E-state index in [-0.39, 0.29) is 17.6 Å². The number of ether oxygens (including phenoxy) is 2. The number of nitrogens with zero attached hydrogens (tertiary/aromatic N) is 1. The van der Waals surface area contributed by atoms with E-state index in [1.54, 1.807) is 31.3 Å². The maximum absolute atomic E-state index is 12.9. The third-order valence-electron chi connectivity index (χ3n) is 4.82. The van der Waals surface area contributed by atoms with E-state index in [0.717, 1.165) is 17.5 Å². The molecule has 0 fully saturated rings. The van der Waals surface area contributed by atoms with Gasteiger partial charge in [0.2, 0.25) is 0 Å². The molecule has 1 aliphatic rings. The Morgan fingerprint density at radius 2 is 1.81 bits per heavy atom. The Bertz CT molecular complexity index is 804. The van der Waals surface area contributed by atoms with Crippen LogP contribution in [0.5, 0.6) is 11.5 Å². The molecule has 1 aliphatic heterocycles. The highest BCUT2D eigenvalue weighted by molar-refractivity contribution is 5.95. The minimum Gasteiger partial charge on any atom is -0.595 e. The van der Waals surface area contributed by atoms with Crippen LogP contribution >= 0.6 is 0 Å². The highest BCUT2D eigenvalue weighted by Crippen LogP contribution is 2.38. The van der Waals surface area contributed by atoms with Gasteiger partial charge in [-0.25, -0.2) is 5.21 Å². The fourth-order valence-electron chi connectivity index (χ4n) is 3.34. The van der Waals surface area contributed by atoms with Gasteiger partial charge in [0.25, 0.3) is 5.91 Å². The summed E-state index contributed by atoms with van der Waals surface area (Å²) in [6.07, 6.45) is 0.721. The van der Waals surface area contributed by atoms with Gasteiger partial charge in [-0.05, 0) is 48.7 Å². The van der Waals surface area contributed by atoms with Crippen molar-refractivity contribution in [3.05, 3.63) is 58.3 Å². The molecule has 0 saturated heterocycles. The van der Waals surface area contributed by atoms with Crippen LogP contribution < -0.4 is 14.7 Å². The quantitative estimate of drug-likeness (QED) is 0.815. The molecule has 2 aromatic carbocycles. The van der Waals surface area contributed by atoms with E-state index in [1.807, 2.05) is 19.1 Å². The fraction of sp³-hybridized carbons (Fsp3) is 0.316. The molecule has 7 nitrogen and oxygen atoms in total. The Morgan fingerprint density at radius 3 is 2.38 bits per heavy atom. The van der Waals surface area contributed by atoms with Crippen LogP contribution in [0.15, 0.2) is 36.4 Å². The van der Waals surface area contributed by atoms with Crippen molar-refractivity contribution in [1.29, 1.82) is 0 Å². The van der Waals surface area contributed by atoms with E-state index in [4.69, 9.17) is 14.7 Å². The molecule has 0 aliphatic carbocycles. The summed E-state index contributed by atoms with van der Waals surface area (Å²) in [6, 6.07) is 9.79. The molecular weight excluding hydrogens is 336 g/mol. The Kier molecular flexibility index (Phi) is 5.13. The number of fused-ring (bicyclic) bond motifs is 1. The summed E-state index contributed by atoms with van der Waals surface area (Å²) in [5, 5.41) is 18.9. The summed E-state index contributed by atoms with van der Waals surface area (Å²) in [4.78, 5) is 14.7. The second kappa shape index (κ2) is 7.33. The third kappa shape index (κ3) is 3.24. The monoisotopic (exact) mass is 358 g/mol. The number of nitrogens with one attached hydrogen (secondary N) is 1. The van der Waals surface area contributed by atoms with Crippen LogP contribution in [0.2, 0.25) is 0 Å². The van der Waals surface area contributed by atoms with E-state index in [9.17, 15) is 10.0 Å². The number of methoxy groups -OCH3 is 2. The number of carbonyl (C=O) groups excluding carboxylic acids is 1. The number of amides is 1. The van der Waals surface area contributed by atoms with Crippen molar-refractivity contribution in [1.82, 2.24) is 4.90 Å². The van der Waals surface area contributed by atoms with Crippen molar-refractivity contribution >= 4 is 11.6 Å². The Balaban J connectivity index is 1.88. The van der Waals surface area contributed by atoms with Crippen LogP contribution in [0.25, 0.3) is 0 Å². The molecule has 138 valence electrons. The average molecular weight is 358 g/mol. The molecule has 0 bridgehead atoms. The standard InChI is InChI=1S/C19H22N2O5/c1-12-16-11-18(26-3)17(25-2)10-14(16)8-9-20(12)19(22)13-4-6-15(7-5-13)21(23)24/h4-7,10-12,21,23H,8-9H2,1-3H3. The molecule has 3 rings (SSSR count). The van der Waals surface area contributed by atoms with Gasteiger partial charge in [-0.3, -0.25) is 4.79 Å². The molecule has 26 heavy (non-hydrogen) atoms. The summed E-state index contributed by atoms with van der Waals surface area (Å²) in [6.45, 7) is 2.57. The van der Waals surface area contributed by atoms with Crippen molar-refractivity contribution in [2.24, 2.45) is 0 Å². The zero-order valence-corrected chi connectivity index (χ0v) is 15.0. The van der Waals surface area contributed by atoms with E-state index in [2.05, 4.69) is 0 Å². The Hall–Kier alpha value is -2.61. The smallest absolute Gasteiger partial charge is 0.254 e. The molecule has 0 spiro atoms. The number of rotatable bonds is 4. The maximum atomic E-state index is 12.9. The van der Waals surface area contributed by atoms with Crippen LogP contribution in [0.4, 0.5) is 5.69 Å². The molecule has 2 unspecified atom stereocenters. The van der Waals surface area contributed by atoms with E-state index < -0.39 is 5.23 Å². The minimum atomic E-state index is -1.01. The molecular formula is C19H22N2O5. The second-order valence-electron chi connectivity index (χ2n) is 6.21. The van der Waals surface area contributed by atoms with Crippen LogP contribution in [0.3, 0.4) is 0 Å². The first-order valence-corrected chi connectivity index (χ1v) is 8.35. The molecule has 2 atom stereocenters. The van der Waals surface area contributed by atoms with Gasteiger partial charge in [0, 0.05) is 24.2 Å². The van der Waals surface area contributed by atoms with Crippen molar-refractivity contribution in [3.8, 4) is 11.5 Å². The summed E-state index contributed by atoms with van der Waals surface area (Å²) >= 11 is 0. The molecule has 1 heterocycles. The van der Waals surface area contributed by atoms with E-state index in [0.29, 0.717) is 23.6 Å². The number of quaternary nitrogens is 1. The van der Waals surface area contributed by atoms with Gasteiger partial charge in [-0.1, -0.05) is 0 Å². The second-order valence-corrected chi connectivity index (χ2v) is 6.21. The highest BCUT2D eigenvalue weighted by Gasteiger charge is 2.29. The van der Waals surface area contributed by atoms with Crippen LogP contribution in [0, 0.1) is 5.21 Å². The lowest BCUT2D eigenvalue weighted by Gasteiger charge is -2.36.